The SMILES string of the molecule is NCC(O)c1cnc(C2CCCC2)[nH]1. The molecule has 4 nitrogen and oxygen atoms in total. The van der Waals surface area contributed by atoms with E-state index < -0.39 is 6.10 Å². The van der Waals surface area contributed by atoms with Crippen LogP contribution in [0.3, 0.4) is 0 Å². The number of nitrogens with zero attached hydrogens (tertiary/aromatic N) is 1. The van der Waals surface area contributed by atoms with Crippen LogP contribution in [0.4, 0.5) is 0 Å². The van der Waals surface area contributed by atoms with Crippen molar-refractivity contribution in [2.45, 2.75) is 37.7 Å². The first-order valence-corrected chi connectivity index (χ1v) is 5.24. The van der Waals surface area contributed by atoms with Crippen LogP contribution >= 0.6 is 0 Å². The standard InChI is InChI=1S/C10H17N3O/c11-5-9(14)8-6-12-10(13-8)7-3-1-2-4-7/h6-7,9,14H,1-5,11H2,(H,12,13). The number of hydrogen-bond donors (Lipinski definition) is 3. The number of imidazole rings is 1. The van der Waals surface area contributed by atoms with Gasteiger partial charge in [0.2, 0.25) is 0 Å². The van der Waals surface area contributed by atoms with Gasteiger partial charge in [0, 0.05) is 12.5 Å². The van der Waals surface area contributed by atoms with Crippen molar-refractivity contribution in [1.29, 1.82) is 0 Å². The minimum absolute atomic E-state index is 0.242. The van der Waals surface area contributed by atoms with Gasteiger partial charge in [-0.25, -0.2) is 4.98 Å². The van der Waals surface area contributed by atoms with Gasteiger partial charge in [-0.15, -0.1) is 0 Å². The van der Waals surface area contributed by atoms with Gasteiger partial charge in [-0.1, -0.05) is 12.8 Å². The van der Waals surface area contributed by atoms with Gasteiger partial charge in [-0.2, -0.15) is 0 Å². The molecule has 1 atom stereocenters. The number of nitrogens with one attached hydrogen (secondary N) is 1. The molecule has 0 aliphatic heterocycles. The Morgan fingerprint density at radius 1 is 1.57 bits per heavy atom. The van der Waals surface area contributed by atoms with Crippen molar-refractivity contribution in [3.05, 3.63) is 17.7 Å². The normalized spacial score (nSPS) is 20.1. The van der Waals surface area contributed by atoms with E-state index >= 15 is 0 Å². The van der Waals surface area contributed by atoms with Crippen LogP contribution in [-0.2, 0) is 0 Å². The second kappa shape index (κ2) is 4.11. The Morgan fingerprint density at radius 2 is 2.29 bits per heavy atom. The van der Waals surface area contributed by atoms with E-state index in [-0.39, 0.29) is 6.54 Å². The molecule has 0 spiro atoms. The number of aromatic nitrogens is 2. The highest BCUT2D eigenvalue weighted by Crippen LogP contribution is 2.32. The summed E-state index contributed by atoms with van der Waals surface area (Å²) in [4.78, 5) is 7.46. The molecule has 0 bridgehead atoms. The summed E-state index contributed by atoms with van der Waals surface area (Å²) >= 11 is 0. The Labute approximate surface area is 83.5 Å². The van der Waals surface area contributed by atoms with E-state index in [1.165, 1.54) is 25.7 Å². The highest BCUT2D eigenvalue weighted by molar-refractivity contribution is 5.09. The lowest BCUT2D eigenvalue weighted by molar-refractivity contribution is 0.182. The van der Waals surface area contributed by atoms with Gasteiger partial charge in [0.1, 0.15) is 11.9 Å². The lowest BCUT2D eigenvalue weighted by atomic mass is 10.1. The molecule has 0 saturated heterocycles. The van der Waals surface area contributed by atoms with Crippen LogP contribution in [0.2, 0.25) is 0 Å². The third-order valence-electron chi connectivity index (χ3n) is 2.94. The number of aliphatic hydroxyl groups is 1. The second-order valence-electron chi connectivity index (χ2n) is 3.96. The summed E-state index contributed by atoms with van der Waals surface area (Å²) in [7, 11) is 0. The van der Waals surface area contributed by atoms with Crippen molar-refractivity contribution in [3.63, 3.8) is 0 Å². The summed E-state index contributed by atoms with van der Waals surface area (Å²) < 4.78 is 0. The number of aliphatic hydroxyl groups excluding tert-OH is 1. The molecule has 0 aromatic carbocycles. The van der Waals surface area contributed by atoms with Gasteiger partial charge in [0.15, 0.2) is 0 Å². The summed E-state index contributed by atoms with van der Waals surface area (Å²) in [6.07, 6.45) is 6.11. The van der Waals surface area contributed by atoms with Gasteiger partial charge in [0.05, 0.1) is 11.9 Å². The van der Waals surface area contributed by atoms with E-state index in [0.717, 1.165) is 11.5 Å². The van der Waals surface area contributed by atoms with E-state index in [9.17, 15) is 5.11 Å². The minimum Gasteiger partial charge on any atom is -0.386 e. The Kier molecular flexibility index (Phi) is 2.84. The average Bonchev–Trinajstić information content (AvgIpc) is 2.86. The number of rotatable bonds is 3. The molecule has 0 radical (unpaired) electrons. The smallest absolute Gasteiger partial charge is 0.109 e. The summed E-state index contributed by atoms with van der Waals surface area (Å²) in [5.41, 5.74) is 6.11. The van der Waals surface area contributed by atoms with E-state index in [1.807, 2.05) is 0 Å². The number of H-pyrrole nitrogens is 1. The lowest BCUT2D eigenvalue weighted by Gasteiger charge is -2.06. The molecule has 2 rings (SSSR count). The highest BCUT2D eigenvalue weighted by Gasteiger charge is 2.20. The third kappa shape index (κ3) is 1.81. The molecule has 1 aromatic heterocycles. The molecule has 78 valence electrons. The van der Waals surface area contributed by atoms with Crippen LogP contribution in [0.25, 0.3) is 0 Å². The molecule has 14 heavy (non-hydrogen) atoms. The van der Waals surface area contributed by atoms with E-state index in [0.29, 0.717) is 5.92 Å². The maximum atomic E-state index is 9.49. The van der Waals surface area contributed by atoms with Crippen molar-refractivity contribution in [2.24, 2.45) is 5.73 Å². The molecule has 1 aliphatic rings. The number of nitrogens with two attached hydrogens (primary N) is 1. The first-order valence-electron chi connectivity index (χ1n) is 5.24. The maximum absolute atomic E-state index is 9.49. The van der Waals surface area contributed by atoms with Crippen molar-refractivity contribution < 1.29 is 5.11 Å². The van der Waals surface area contributed by atoms with Crippen molar-refractivity contribution >= 4 is 0 Å². The van der Waals surface area contributed by atoms with Crippen LogP contribution < -0.4 is 5.73 Å². The highest BCUT2D eigenvalue weighted by atomic mass is 16.3. The van der Waals surface area contributed by atoms with Gasteiger partial charge in [-0.3, -0.25) is 0 Å². The topological polar surface area (TPSA) is 74.9 Å². The monoisotopic (exact) mass is 195 g/mol. The Hall–Kier alpha value is -0.870. The molecule has 1 saturated carbocycles. The molecule has 4 heteroatoms. The quantitative estimate of drug-likeness (QED) is 0.675. The van der Waals surface area contributed by atoms with Gasteiger partial charge >= 0.3 is 0 Å². The molecule has 4 N–H and O–H groups in total. The van der Waals surface area contributed by atoms with Gasteiger partial charge < -0.3 is 15.8 Å². The Balaban J connectivity index is 2.08. The second-order valence-corrected chi connectivity index (χ2v) is 3.96. The van der Waals surface area contributed by atoms with E-state index in [1.54, 1.807) is 6.20 Å². The lowest BCUT2D eigenvalue weighted by Crippen LogP contribution is -2.11. The summed E-state index contributed by atoms with van der Waals surface area (Å²) in [6, 6.07) is 0. The molecule has 1 fully saturated rings. The van der Waals surface area contributed by atoms with E-state index in [2.05, 4.69) is 9.97 Å². The fourth-order valence-electron chi connectivity index (χ4n) is 2.05. The molecule has 1 heterocycles. The van der Waals surface area contributed by atoms with Crippen LogP contribution in [0.1, 0.15) is 49.2 Å². The summed E-state index contributed by atoms with van der Waals surface area (Å²) in [5.74, 6) is 1.58. The predicted octanol–water partition coefficient (Wildman–Crippen LogP) is 1.06. The molecule has 1 unspecified atom stereocenters. The van der Waals surface area contributed by atoms with Crippen molar-refractivity contribution in [1.82, 2.24) is 9.97 Å². The fourth-order valence-corrected chi connectivity index (χ4v) is 2.05. The zero-order valence-corrected chi connectivity index (χ0v) is 8.24. The van der Waals surface area contributed by atoms with Gasteiger partial charge in [-0.05, 0) is 12.8 Å². The van der Waals surface area contributed by atoms with Crippen molar-refractivity contribution in [2.75, 3.05) is 6.54 Å². The zero-order chi connectivity index (χ0) is 9.97. The third-order valence-corrected chi connectivity index (χ3v) is 2.94. The van der Waals surface area contributed by atoms with Gasteiger partial charge in [0.25, 0.3) is 0 Å². The first kappa shape index (κ1) is 9.68. The molecular formula is C10H17N3O. The molecule has 1 aromatic rings. The largest absolute Gasteiger partial charge is 0.386 e. The minimum atomic E-state index is -0.599. The van der Waals surface area contributed by atoms with E-state index in [4.69, 9.17) is 5.73 Å². The molecular weight excluding hydrogens is 178 g/mol. The summed E-state index contributed by atoms with van der Waals surface area (Å²) in [5, 5.41) is 9.49. The molecule has 1 aliphatic carbocycles. The maximum Gasteiger partial charge on any atom is 0.109 e. The number of aromatic amines is 1. The Morgan fingerprint density at radius 3 is 2.93 bits per heavy atom. The van der Waals surface area contributed by atoms with Crippen molar-refractivity contribution in [3.8, 4) is 0 Å². The predicted molar refractivity (Wildman–Crippen MR) is 53.8 cm³/mol. The summed E-state index contributed by atoms with van der Waals surface area (Å²) in [6.45, 7) is 0.242. The molecule has 0 amide bonds. The average molecular weight is 195 g/mol. The fraction of sp³-hybridized carbons (Fsp3) is 0.700. The van der Waals surface area contributed by atoms with Crippen LogP contribution in [-0.4, -0.2) is 21.6 Å². The number of hydrogen-bond acceptors (Lipinski definition) is 3. The zero-order valence-electron chi connectivity index (χ0n) is 8.24. The Bertz CT molecular complexity index is 291. The van der Waals surface area contributed by atoms with Crippen LogP contribution in [0, 0.1) is 0 Å². The van der Waals surface area contributed by atoms with Crippen LogP contribution in [0.15, 0.2) is 6.20 Å². The first-order chi connectivity index (χ1) is 6.81. The van der Waals surface area contributed by atoms with Crippen LogP contribution in [0.5, 0.6) is 0 Å².